The van der Waals surface area contributed by atoms with E-state index < -0.39 is 0 Å². The van der Waals surface area contributed by atoms with Crippen LogP contribution in [0.5, 0.6) is 5.75 Å². The molecule has 8 nitrogen and oxygen atoms in total. The molecule has 0 aliphatic carbocycles. The number of pyridine rings is 1. The lowest BCUT2D eigenvalue weighted by Gasteiger charge is -2.34. The molecule has 1 atom stereocenters. The third kappa shape index (κ3) is 3.11. The van der Waals surface area contributed by atoms with Crippen LogP contribution in [0.4, 0.5) is 17.5 Å². The van der Waals surface area contributed by atoms with Crippen molar-refractivity contribution in [1.29, 1.82) is 5.41 Å². The van der Waals surface area contributed by atoms with Gasteiger partial charge in [-0.25, -0.2) is 4.98 Å². The van der Waals surface area contributed by atoms with Gasteiger partial charge in [0.05, 0.1) is 38.1 Å². The summed E-state index contributed by atoms with van der Waals surface area (Å²) < 4.78 is 10.9. The lowest BCUT2D eigenvalue weighted by atomic mass is 10.2. The van der Waals surface area contributed by atoms with Crippen LogP contribution in [0, 0.1) is 5.41 Å². The Balaban J connectivity index is 2.01. The first-order chi connectivity index (χ1) is 11.2. The smallest absolute Gasteiger partial charge is 0.146 e. The summed E-state index contributed by atoms with van der Waals surface area (Å²) in [5.74, 6) is 2.66. The number of aromatic nitrogens is 3. The van der Waals surface area contributed by atoms with Gasteiger partial charge in [0, 0.05) is 24.9 Å². The number of rotatable bonds is 5. The number of methoxy groups -OCH3 is 1. The maximum atomic E-state index is 7.67. The van der Waals surface area contributed by atoms with Crippen molar-refractivity contribution in [1.82, 2.24) is 15.2 Å². The van der Waals surface area contributed by atoms with E-state index in [0.717, 1.165) is 12.4 Å². The molecule has 122 valence electrons. The number of morpholine rings is 1. The molecule has 0 radical (unpaired) electrons. The van der Waals surface area contributed by atoms with Crippen molar-refractivity contribution in [2.24, 2.45) is 0 Å². The van der Waals surface area contributed by atoms with Crippen molar-refractivity contribution in [3.8, 4) is 5.75 Å². The summed E-state index contributed by atoms with van der Waals surface area (Å²) in [7, 11) is 1.59. The Labute approximate surface area is 134 Å². The highest BCUT2D eigenvalue weighted by molar-refractivity contribution is 5.90. The quantitative estimate of drug-likeness (QED) is 0.727. The van der Waals surface area contributed by atoms with Crippen molar-refractivity contribution >= 4 is 23.7 Å². The van der Waals surface area contributed by atoms with Crippen LogP contribution in [0.15, 0.2) is 18.3 Å². The molecule has 0 aromatic carbocycles. The van der Waals surface area contributed by atoms with Gasteiger partial charge in [-0.1, -0.05) is 0 Å². The molecule has 8 heteroatoms. The van der Waals surface area contributed by atoms with E-state index in [4.69, 9.17) is 14.9 Å². The summed E-state index contributed by atoms with van der Waals surface area (Å²) in [6.45, 7) is 4.20. The van der Waals surface area contributed by atoms with Gasteiger partial charge in [0.2, 0.25) is 0 Å². The standard InChI is InChI=1S/C15H20N6O2/c1-10-9-23-6-5-21(10)14-7-12(22-2)11(8-16)15(19-14)18-13-3-4-17-20-13/h3-4,7-8,10,16H,5-6,9H2,1-2H3,(H2,17,18,19,20). The van der Waals surface area contributed by atoms with Crippen molar-refractivity contribution in [2.45, 2.75) is 13.0 Å². The Bertz CT molecular complexity index is 673. The molecule has 1 saturated heterocycles. The molecule has 1 aliphatic rings. The monoisotopic (exact) mass is 316 g/mol. The van der Waals surface area contributed by atoms with E-state index in [2.05, 4.69) is 32.3 Å². The molecule has 1 unspecified atom stereocenters. The normalized spacial score (nSPS) is 17.8. The van der Waals surface area contributed by atoms with Crippen LogP contribution in [-0.4, -0.2) is 54.3 Å². The van der Waals surface area contributed by atoms with Gasteiger partial charge in [-0.05, 0) is 6.92 Å². The number of hydrogen-bond acceptors (Lipinski definition) is 7. The zero-order valence-corrected chi connectivity index (χ0v) is 13.2. The van der Waals surface area contributed by atoms with Gasteiger partial charge in [0.15, 0.2) is 0 Å². The second kappa shape index (κ2) is 6.66. The predicted octanol–water partition coefficient (Wildman–Crippen LogP) is 1.78. The largest absolute Gasteiger partial charge is 0.496 e. The Morgan fingerprint density at radius 1 is 1.57 bits per heavy atom. The summed E-state index contributed by atoms with van der Waals surface area (Å²) in [6.07, 6.45) is 2.88. The number of H-pyrrole nitrogens is 1. The molecule has 1 aliphatic heterocycles. The third-order valence-corrected chi connectivity index (χ3v) is 3.79. The summed E-state index contributed by atoms with van der Waals surface area (Å²) >= 11 is 0. The Morgan fingerprint density at radius 2 is 2.43 bits per heavy atom. The van der Waals surface area contributed by atoms with E-state index in [1.54, 1.807) is 19.4 Å². The molecular weight excluding hydrogens is 296 g/mol. The minimum atomic E-state index is 0.229. The molecule has 2 aromatic rings. The molecule has 0 saturated carbocycles. The SMILES string of the molecule is COc1cc(N2CCOCC2C)nc(Nc2ccn[nH]2)c1C=N. The fraction of sp³-hybridized carbons (Fsp3) is 0.400. The molecule has 3 heterocycles. The maximum absolute atomic E-state index is 7.67. The summed E-state index contributed by atoms with van der Waals surface area (Å²) in [5.41, 5.74) is 0.590. The highest BCUT2D eigenvalue weighted by Crippen LogP contribution is 2.31. The summed E-state index contributed by atoms with van der Waals surface area (Å²) in [5, 5.41) is 17.6. The number of anilines is 3. The minimum absolute atomic E-state index is 0.229. The van der Waals surface area contributed by atoms with Crippen LogP contribution in [-0.2, 0) is 4.74 Å². The molecular formula is C15H20N6O2. The molecule has 1 fully saturated rings. The number of nitrogens with zero attached hydrogens (tertiary/aromatic N) is 3. The van der Waals surface area contributed by atoms with Crippen molar-refractivity contribution in [2.75, 3.05) is 37.1 Å². The number of nitrogens with one attached hydrogen (secondary N) is 3. The molecule has 2 aromatic heterocycles. The van der Waals surface area contributed by atoms with E-state index in [1.165, 1.54) is 6.21 Å². The second-order valence-electron chi connectivity index (χ2n) is 5.30. The molecule has 3 N–H and O–H groups in total. The van der Waals surface area contributed by atoms with Gasteiger partial charge in [-0.15, -0.1) is 0 Å². The summed E-state index contributed by atoms with van der Waals surface area (Å²) in [6, 6.07) is 3.89. The van der Waals surface area contributed by atoms with Crippen LogP contribution < -0.4 is 15.0 Å². The Hall–Kier alpha value is -2.61. The molecule has 23 heavy (non-hydrogen) atoms. The topological polar surface area (TPSA) is 99.2 Å². The van der Waals surface area contributed by atoms with Crippen molar-refractivity contribution < 1.29 is 9.47 Å². The first kappa shape index (κ1) is 15.3. The zero-order chi connectivity index (χ0) is 16.2. The predicted molar refractivity (Wildman–Crippen MR) is 88.2 cm³/mol. The average Bonchev–Trinajstić information content (AvgIpc) is 3.07. The van der Waals surface area contributed by atoms with Crippen molar-refractivity contribution in [3.05, 3.63) is 23.9 Å². The van der Waals surface area contributed by atoms with Crippen LogP contribution in [0.25, 0.3) is 0 Å². The van der Waals surface area contributed by atoms with Gasteiger partial charge >= 0.3 is 0 Å². The molecule has 0 amide bonds. The van der Waals surface area contributed by atoms with Crippen LogP contribution in [0.1, 0.15) is 12.5 Å². The number of hydrogen-bond donors (Lipinski definition) is 3. The van der Waals surface area contributed by atoms with Gasteiger partial charge in [0.1, 0.15) is 23.2 Å². The van der Waals surface area contributed by atoms with Crippen molar-refractivity contribution in [3.63, 3.8) is 0 Å². The molecule has 0 spiro atoms. The van der Waals surface area contributed by atoms with Crippen LogP contribution >= 0.6 is 0 Å². The fourth-order valence-corrected chi connectivity index (χ4v) is 2.59. The molecule has 0 bridgehead atoms. The number of aromatic amines is 1. The van der Waals surface area contributed by atoms with E-state index in [9.17, 15) is 0 Å². The first-order valence-corrected chi connectivity index (χ1v) is 7.43. The van der Waals surface area contributed by atoms with E-state index >= 15 is 0 Å². The van der Waals surface area contributed by atoms with Gasteiger partial charge in [-0.3, -0.25) is 5.10 Å². The van der Waals surface area contributed by atoms with Gasteiger partial charge < -0.3 is 25.1 Å². The first-order valence-electron chi connectivity index (χ1n) is 7.43. The summed E-state index contributed by atoms with van der Waals surface area (Å²) in [4.78, 5) is 6.86. The highest BCUT2D eigenvalue weighted by Gasteiger charge is 2.23. The molecule has 3 rings (SSSR count). The third-order valence-electron chi connectivity index (χ3n) is 3.79. The van der Waals surface area contributed by atoms with Gasteiger partial charge in [-0.2, -0.15) is 5.10 Å². The Morgan fingerprint density at radius 3 is 3.09 bits per heavy atom. The van der Waals surface area contributed by atoms with E-state index in [-0.39, 0.29) is 6.04 Å². The maximum Gasteiger partial charge on any atom is 0.146 e. The van der Waals surface area contributed by atoms with Crippen LogP contribution in [0.3, 0.4) is 0 Å². The van der Waals surface area contributed by atoms with E-state index in [0.29, 0.717) is 36.2 Å². The fourth-order valence-electron chi connectivity index (χ4n) is 2.59. The van der Waals surface area contributed by atoms with E-state index in [1.807, 2.05) is 6.07 Å². The lowest BCUT2D eigenvalue weighted by molar-refractivity contribution is 0.0985. The lowest BCUT2D eigenvalue weighted by Crippen LogP contribution is -2.44. The van der Waals surface area contributed by atoms with Gasteiger partial charge in [0.25, 0.3) is 0 Å². The minimum Gasteiger partial charge on any atom is -0.496 e. The number of ether oxygens (including phenoxy) is 2. The second-order valence-corrected chi connectivity index (χ2v) is 5.30. The highest BCUT2D eigenvalue weighted by atomic mass is 16.5. The van der Waals surface area contributed by atoms with Crippen LogP contribution in [0.2, 0.25) is 0 Å². The zero-order valence-electron chi connectivity index (χ0n) is 13.2. The average molecular weight is 316 g/mol. The Kier molecular flexibility index (Phi) is 4.42.